The van der Waals surface area contributed by atoms with Gasteiger partial charge >= 0.3 is 0 Å². The van der Waals surface area contributed by atoms with E-state index in [4.69, 9.17) is 17.4 Å². The maximum atomic E-state index is 13.9. The van der Waals surface area contributed by atoms with Gasteiger partial charge < -0.3 is 0 Å². The van der Waals surface area contributed by atoms with Crippen LogP contribution in [0.5, 0.6) is 0 Å². The van der Waals surface area contributed by atoms with E-state index in [-0.39, 0.29) is 11.9 Å². The van der Waals surface area contributed by atoms with Crippen LogP contribution in [0.3, 0.4) is 0 Å². The molecule has 19 heavy (non-hydrogen) atoms. The second-order valence-electron chi connectivity index (χ2n) is 5.48. The summed E-state index contributed by atoms with van der Waals surface area (Å²) in [7, 11) is 0. The molecule has 0 aliphatic heterocycles. The van der Waals surface area contributed by atoms with Crippen LogP contribution in [-0.4, -0.2) is 0 Å². The lowest BCUT2D eigenvalue weighted by atomic mass is 9.89. The zero-order valence-electron chi connectivity index (χ0n) is 11.2. The molecule has 0 aromatic heterocycles. The number of nitrogens with two attached hydrogens (primary N) is 1. The van der Waals surface area contributed by atoms with Crippen LogP contribution in [0, 0.1) is 11.7 Å². The minimum Gasteiger partial charge on any atom is -0.271 e. The van der Waals surface area contributed by atoms with E-state index in [1.807, 2.05) is 0 Å². The molecule has 0 bridgehead atoms. The van der Waals surface area contributed by atoms with Gasteiger partial charge in [0.25, 0.3) is 0 Å². The van der Waals surface area contributed by atoms with Crippen molar-refractivity contribution in [2.45, 2.75) is 51.0 Å². The number of rotatable bonds is 4. The predicted octanol–water partition coefficient (Wildman–Crippen LogP) is 4.34. The summed E-state index contributed by atoms with van der Waals surface area (Å²) in [5.41, 5.74) is 3.38. The Morgan fingerprint density at radius 3 is 2.53 bits per heavy atom. The smallest absolute Gasteiger partial charge is 0.129 e. The molecule has 1 aromatic rings. The highest BCUT2D eigenvalue weighted by Gasteiger charge is 2.21. The van der Waals surface area contributed by atoms with Crippen molar-refractivity contribution in [2.24, 2.45) is 11.8 Å². The normalized spacial score (nSPS) is 19.1. The number of hydrogen-bond acceptors (Lipinski definition) is 2. The summed E-state index contributed by atoms with van der Waals surface area (Å²) in [5, 5.41) is 0.423. The van der Waals surface area contributed by atoms with Crippen molar-refractivity contribution >= 4 is 11.6 Å². The largest absolute Gasteiger partial charge is 0.271 e. The highest BCUT2D eigenvalue weighted by Crippen LogP contribution is 2.32. The van der Waals surface area contributed by atoms with Gasteiger partial charge in [0.1, 0.15) is 5.82 Å². The lowest BCUT2D eigenvalue weighted by Crippen LogP contribution is -2.30. The maximum absolute atomic E-state index is 13.9. The zero-order chi connectivity index (χ0) is 13.7. The number of hydrazine groups is 1. The first kappa shape index (κ1) is 14.8. The quantitative estimate of drug-likeness (QED) is 0.490. The highest BCUT2D eigenvalue weighted by atomic mass is 35.5. The van der Waals surface area contributed by atoms with Gasteiger partial charge in [-0.15, -0.1) is 0 Å². The third kappa shape index (κ3) is 4.16. The minimum absolute atomic E-state index is 0.125. The molecule has 1 atom stereocenters. The molecule has 0 radical (unpaired) electrons. The van der Waals surface area contributed by atoms with Crippen molar-refractivity contribution in [2.75, 3.05) is 0 Å². The minimum atomic E-state index is -0.274. The number of benzene rings is 1. The van der Waals surface area contributed by atoms with E-state index < -0.39 is 0 Å². The van der Waals surface area contributed by atoms with Crippen molar-refractivity contribution in [1.29, 1.82) is 0 Å². The van der Waals surface area contributed by atoms with E-state index in [1.165, 1.54) is 44.6 Å². The standard InChI is InChI=1S/C15H22ClFN2/c16-12-7-8-13(14(17)10-12)15(19-18)9-11-5-3-1-2-4-6-11/h7-8,10-11,15,19H,1-6,9,18H2. The summed E-state index contributed by atoms with van der Waals surface area (Å²) in [6.45, 7) is 0. The first-order valence-corrected chi connectivity index (χ1v) is 7.49. The molecule has 1 aliphatic carbocycles. The van der Waals surface area contributed by atoms with Crippen LogP contribution in [0.15, 0.2) is 18.2 Å². The molecule has 1 aliphatic rings. The topological polar surface area (TPSA) is 38.0 Å². The zero-order valence-corrected chi connectivity index (χ0v) is 11.9. The van der Waals surface area contributed by atoms with Gasteiger partial charge in [0.2, 0.25) is 0 Å². The summed E-state index contributed by atoms with van der Waals surface area (Å²) in [5.74, 6) is 5.98. The van der Waals surface area contributed by atoms with E-state index in [1.54, 1.807) is 12.1 Å². The van der Waals surface area contributed by atoms with Gasteiger partial charge in [-0.2, -0.15) is 0 Å². The molecule has 0 amide bonds. The Hall–Kier alpha value is -0.640. The number of hydrogen-bond donors (Lipinski definition) is 2. The van der Waals surface area contributed by atoms with Gasteiger partial charge in [0.15, 0.2) is 0 Å². The number of nitrogens with one attached hydrogen (secondary N) is 1. The average molecular weight is 285 g/mol. The molecular formula is C15H22ClFN2. The maximum Gasteiger partial charge on any atom is 0.129 e. The highest BCUT2D eigenvalue weighted by molar-refractivity contribution is 6.30. The summed E-state index contributed by atoms with van der Waals surface area (Å²) in [4.78, 5) is 0. The van der Waals surface area contributed by atoms with Crippen LogP contribution in [-0.2, 0) is 0 Å². The molecule has 0 spiro atoms. The first-order chi connectivity index (χ1) is 9.20. The van der Waals surface area contributed by atoms with Gasteiger partial charge in [-0.1, -0.05) is 56.2 Å². The van der Waals surface area contributed by atoms with Gasteiger partial charge in [0, 0.05) is 16.6 Å². The van der Waals surface area contributed by atoms with Crippen molar-refractivity contribution in [3.63, 3.8) is 0 Å². The van der Waals surface area contributed by atoms with E-state index in [0.29, 0.717) is 16.5 Å². The van der Waals surface area contributed by atoms with Crippen LogP contribution in [0.2, 0.25) is 5.02 Å². The molecule has 2 nitrogen and oxygen atoms in total. The van der Waals surface area contributed by atoms with Crippen molar-refractivity contribution in [3.05, 3.63) is 34.6 Å². The van der Waals surface area contributed by atoms with Crippen LogP contribution in [0.1, 0.15) is 56.6 Å². The molecule has 2 rings (SSSR count). The van der Waals surface area contributed by atoms with Crippen LogP contribution in [0.4, 0.5) is 4.39 Å². The Kier molecular flexibility index (Phi) is 5.61. The Morgan fingerprint density at radius 1 is 1.26 bits per heavy atom. The van der Waals surface area contributed by atoms with E-state index in [0.717, 1.165) is 6.42 Å². The second kappa shape index (κ2) is 7.22. The van der Waals surface area contributed by atoms with Crippen molar-refractivity contribution < 1.29 is 4.39 Å². The van der Waals surface area contributed by atoms with Gasteiger partial charge in [-0.05, 0) is 24.5 Å². The summed E-state index contributed by atoms with van der Waals surface area (Å²) < 4.78 is 13.9. The summed E-state index contributed by atoms with van der Waals surface area (Å²) in [6.07, 6.45) is 8.57. The SMILES string of the molecule is NNC(CC1CCCCCC1)c1ccc(Cl)cc1F. The Balaban J connectivity index is 2.06. The Morgan fingerprint density at radius 2 is 1.95 bits per heavy atom. The lowest BCUT2D eigenvalue weighted by Gasteiger charge is -2.22. The fraction of sp³-hybridized carbons (Fsp3) is 0.600. The molecule has 0 saturated heterocycles. The molecular weight excluding hydrogens is 263 g/mol. The second-order valence-corrected chi connectivity index (χ2v) is 5.91. The third-order valence-electron chi connectivity index (χ3n) is 4.08. The lowest BCUT2D eigenvalue weighted by molar-refractivity contribution is 0.353. The Bertz CT molecular complexity index is 403. The van der Waals surface area contributed by atoms with E-state index >= 15 is 0 Å². The van der Waals surface area contributed by atoms with E-state index in [9.17, 15) is 4.39 Å². The molecule has 1 unspecified atom stereocenters. The monoisotopic (exact) mass is 284 g/mol. The van der Waals surface area contributed by atoms with Gasteiger partial charge in [0.05, 0.1) is 0 Å². The first-order valence-electron chi connectivity index (χ1n) is 7.12. The predicted molar refractivity (Wildman–Crippen MR) is 77.3 cm³/mol. The fourth-order valence-corrected chi connectivity index (χ4v) is 3.16. The molecule has 3 N–H and O–H groups in total. The third-order valence-corrected chi connectivity index (χ3v) is 4.32. The number of halogens is 2. The molecule has 1 aromatic carbocycles. The van der Waals surface area contributed by atoms with Gasteiger partial charge in [-0.25, -0.2) is 4.39 Å². The molecule has 0 heterocycles. The van der Waals surface area contributed by atoms with Gasteiger partial charge in [-0.3, -0.25) is 11.3 Å². The fourth-order valence-electron chi connectivity index (χ4n) is 3.00. The van der Waals surface area contributed by atoms with Crippen LogP contribution >= 0.6 is 11.6 Å². The molecule has 4 heteroatoms. The Labute approximate surface area is 119 Å². The molecule has 106 valence electrons. The molecule has 1 fully saturated rings. The van der Waals surface area contributed by atoms with Crippen molar-refractivity contribution in [1.82, 2.24) is 5.43 Å². The van der Waals surface area contributed by atoms with Crippen LogP contribution in [0.25, 0.3) is 0 Å². The van der Waals surface area contributed by atoms with E-state index in [2.05, 4.69) is 5.43 Å². The molecule has 1 saturated carbocycles. The summed E-state index contributed by atoms with van der Waals surface area (Å²) >= 11 is 5.79. The average Bonchev–Trinajstić information content (AvgIpc) is 2.65. The van der Waals surface area contributed by atoms with Crippen molar-refractivity contribution in [3.8, 4) is 0 Å². The van der Waals surface area contributed by atoms with Crippen LogP contribution < -0.4 is 11.3 Å². The summed E-state index contributed by atoms with van der Waals surface area (Å²) in [6, 6.07) is 4.69.